The van der Waals surface area contributed by atoms with Gasteiger partial charge in [0.25, 0.3) is 0 Å². The summed E-state index contributed by atoms with van der Waals surface area (Å²) in [5, 5.41) is 59.1. The standard InChI is InChI=1S/C16H30O8/c1-5-16(4,22)7-6-10(15(2,3)21)24-14-13(20)12(19)11(18)9(8-17)23-14/h5,9-14,17-22H,1,6-8H2,2-4H3/t9-,10?,11-,12+,13-,14+,16?/m1/s1. The average molecular weight is 350 g/mol. The number of rotatable bonds is 8. The molecule has 1 aliphatic rings. The zero-order chi connectivity index (χ0) is 18.7. The van der Waals surface area contributed by atoms with Crippen LogP contribution >= 0.6 is 0 Å². The fourth-order valence-corrected chi connectivity index (χ4v) is 2.45. The van der Waals surface area contributed by atoms with Crippen molar-refractivity contribution in [1.82, 2.24) is 0 Å². The molecule has 1 aliphatic heterocycles. The van der Waals surface area contributed by atoms with Gasteiger partial charge in [-0.1, -0.05) is 6.08 Å². The quantitative estimate of drug-likeness (QED) is 0.296. The van der Waals surface area contributed by atoms with E-state index in [1.807, 2.05) is 0 Å². The highest BCUT2D eigenvalue weighted by Gasteiger charge is 2.46. The third-order valence-corrected chi connectivity index (χ3v) is 4.29. The predicted octanol–water partition coefficient (Wildman–Crippen LogP) is -1.34. The van der Waals surface area contributed by atoms with E-state index < -0.39 is 54.6 Å². The van der Waals surface area contributed by atoms with Gasteiger partial charge in [-0.15, -0.1) is 6.58 Å². The van der Waals surface area contributed by atoms with Crippen molar-refractivity contribution in [1.29, 1.82) is 0 Å². The van der Waals surface area contributed by atoms with Crippen molar-refractivity contribution in [3.63, 3.8) is 0 Å². The summed E-state index contributed by atoms with van der Waals surface area (Å²) in [6.07, 6.45) is -6.02. The van der Waals surface area contributed by atoms with Gasteiger partial charge in [0.2, 0.25) is 0 Å². The lowest BCUT2D eigenvalue weighted by molar-refractivity contribution is -0.322. The molecule has 0 amide bonds. The Hall–Kier alpha value is -0.580. The highest BCUT2D eigenvalue weighted by Crippen LogP contribution is 2.28. The number of hydrogen-bond donors (Lipinski definition) is 6. The second-order valence-electron chi connectivity index (χ2n) is 7.08. The van der Waals surface area contributed by atoms with Gasteiger partial charge in [-0.3, -0.25) is 0 Å². The third kappa shape index (κ3) is 5.47. The Morgan fingerprint density at radius 3 is 2.17 bits per heavy atom. The maximum absolute atomic E-state index is 10.3. The largest absolute Gasteiger partial charge is 0.394 e. The topological polar surface area (TPSA) is 140 Å². The van der Waals surface area contributed by atoms with Gasteiger partial charge >= 0.3 is 0 Å². The van der Waals surface area contributed by atoms with Crippen LogP contribution in [-0.4, -0.2) is 85.3 Å². The molecule has 0 aromatic rings. The van der Waals surface area contributed by atoms with Crippen LogP contribution < -0.4 is 0 Å². The highest BCUT2D eigenvalue weighted by molar-refractivity contribution is 4.94. The van der Waals surface area contributed by atoms with Crippen LogP contribution in [-0.2, 0) is 9.47 Å². The van der Waals surface area contributed by atoms with E-state index in [9.17, 15) is 30.6 Å². The fourth-order valence-electron chi connectivity index (χ4n) is 2.45. The normalized spacial score (nSPS) is 35.3. The van der Waals surface area contributed by atoms with Crippen molar-refractivity contribution in [3.8, 4) is 0 Å². The molecule has 1 fully saturated rings. The minimum absolute atomic E-state index is 0.220. The second kappa shape index (κ2) is 8.20. The summed E-state index contributed by atoms with van der Waals surface area (Å²) in [6, 6.07) is 0. The lowest BCUT2D eigenvalue weighted by Gasteiger charge is -2.42. The monoisotopic (exact) mass is 350 g/mol. The van der Waals surface area contributed by atoms with Crippen LogP contribution in [0.1, 0.15) is 33.6 Å². The molecule has 1 heterocycles. The minimum Gasteiger partial charge on any atom is -0.394 e. The molecule has 8 nitrogen and oxygen atoms in total. The first-order chi connectivity index (χ1) is 10.9. The van der Waals surface area contributed by atoms with Gasteiger partial charge in [-0.2, -0.15) is 0 Å². The van der Waals surface area contributed by atoms with Crippen LogP contribution in [0.4, 0.5) is 0 Å². The zero-order valence-corrected chi connectivity index (χ0v) is 14.4. The number of aliphatic hydroxyl groups is 6. The number of aliphatic hydroxyl groups excluding tert-OH is 4. The molecule has 1 saturated heterocycles. The Labute approximate surface area is 142 Å². The summed E-state index contributed by atoms with van der Waals surface area (Å²) in [7, 11) is 0. The molecule has 6 N–H and O–H groups in total. The molecule has 24 heavy (non-hydrogen) atoms. The van der Waals surface area contributed by atoms with E-state index in [2.05, 4.69) is 6.58 Å². The van der Waals surface area contributed by atoms with Crippen molar-refractivity contribution in [2.24, 2.45) is 0 Å². The maximum atomic E-state index is 10.3. The van der Waals surface area contributed by atoms with Crippen molar-refractivity contribution >= 4 is 0 Å². The van der Waals surface area contributed by atoms with E-state index in [-0.39, 0.29) is 12.8 Å². The molecule has 7 atom stereocenters. The number of ether oxygens (including phenoxy) is 2. The van der Waals surface area contributed by atoms with Gasteiger partial charge in [-0.05, 0) is 33.6 Å². The summed E-state index contributed by atoms with van der Waals surface area (Å²) in [6.45, 7) is 7.54. The lowest BCUT2D eigenvalue weighted by Crippen LogP contribution is -2.60. The summed E-state index contributed by atoms with van der Waals surface area (Å²) >= 11 is 0. The van der Waals surface area contributed by atoms with Crippen LogP contribution in [0.3, 0.4) is 0 Å². The van der Waals surface area contributed by atoms with Gasteiger partial charge in [0.05, 0.1) is 23.9 Å². The van der Waals surface area contributed by atoms with E-state index in [1.54, 1.807) is 6.92 Å². The molecule has 0 saturated carbocycles. The van der Waals surface area contributed by atoms with Crippen LogP contribution in [0, 0.1) is 0 Å². The smallest absolute Gasteiger partial charge is 0.187 e. The Morgan fingerprint density at radius 1 is 1.12 bits per heavy atom. The van der Waals surface area contributed by atoms with Gasteiger partial charge in [-0.25, -0.2) is 0 Å². The van der Waals surface area contributed by atoms with Gasteiger partial charge in [0, 0.05) is 0 Å². The lowest BCUT2D eigenvalue weighted by atomic mass is 9.91. The van der Waals surface area contributed by atoms with Crippen molar-refractivity contribution in [3.05, 3.63) is 12.7 Å². The second-order valence-corrected chi connectivity index (χ2v) is 7.08. The SMILES string of the molecule is C=CC(C)(O)CCC(O[C@@H]1O[C@H](CO)[C@@H](O)[C@H](O)[C@H]1O)C(C)(C)O. The maximum Gasteiger partial charge on any atom is 0.187 e. The molecule has 0 aromatic heterocycles. The molecule has 8 heteroatoms. The molecule has 0 radical (unpaired) electrons. The molecule has 2 unspecified atom stereocenters. The summed E-state index contributed by atoms with van der Waals surface area (Å²) in [4.78, 5) is 0. The first-order valence-electron chi connectivity index (χ1n) is 7.97. The molecule has 1 rings (SSSR count). The van der Waals surface area contributed by atoms with E-state index in [0.29, 0.717) is 0 Å². The van der Waals surface area contributed by atoms with Gasteiger partial charge in [0.15, 0.2) is 6.29 Å². The van der Waals surface area contributed by atoms with Crippen LogP contribution in [0.2, 0.25) is 0 Å². The third-order valence-electron chi connectivity index (χ3n) is 4.29. The molecule has 142 valence electrons. The van der Waals surface area contributed by atoms with Crippen LogP contribution in [0.15, 0.2) is 12.7 Å². The Bertz CT molecular complexity index is 403. The zero-order valence-electron chi connectivity index (χ0n) is 14.4. The van der Waals surface area contributed by atoms with Crippen molar-refractivity contribution in [2.45, 2.75) is 81.6 Å². The van der Waals surface area contributed by atoms with E-state index >= 15 is 0 Å². The van der Waals surface area contributed by atoms with Crippen LogP contribution in [0.25, 0.3) is 0 Å². The van der Waals surface area contributed by atoms with Gasteiger partial charge < -0.3 is 40.1 Å². The van der Waals surface area contributed by atoms with Crippen LogP contribution in [0.5, 0.6) is 0 Å². The Morgan fingerprint density at radius 2 is 1.71 bits per heavy atom. The molecule has 0 aliphatic carbocycles. The minimum atomic E-state index is -1.56. The first kappa shape index (κ1) is 21.5. The van der Waals surface area contributed by atoms with Crippen molar-refractivity contribution < 1.29 is 40.1 Å². The summed E-state index contributed by atoms with van der Waals surface area (Å²) < 4.78 is 10.9. The highest BCUT2D eigenvalue weighted by atomic mass is 16.7. The average Bonchev–Trinajstić information content (AvgIpc) is 2.50. The predicted molar refractivity (Wildman–Crippen MR) is 85.0 cm³/mol. The van der Waals surface area contributed by atoms with E-state index in [4.69, 9.17) is 9.47 Å². The molecule has 0 bridgehead atoms. The fraction of sp³-hybridized carbons (Fsp3) is 0.875. The van der Waals surface area contributed by atoms with E-state index in [0.717, 1.165) is 0 Å². The summed E-state index contributed by atoms with van der Waals surface area (Å²) in [5.41, 5.74) is -2.47. The molecule has 0 aromatic carbocycles. The molecular formula is C16H30O8. The first-order valence-corrected chi connectivity index (χ1v) is 7.97. The summed E-state index contributed by atoms with van der Waals surface area (Å²) in [5.74, 6) is 0. The Kier molecular flexibility index (Phi) is 7.33. The van der Waals surface area contributed by atoms with E-state index in [1.165, 1.54) is 19.9 Å². The molecule has 0 spiro atoms. The number of hydrogen-bond acceptors (Lipinski definition) is 8. The molecular weight excluding hydrogens is 320 g/mol. The van der Waals surface area contributed by atoms with Gasteiger partial charge in [0.1, 0.15) is 24.4 Å². The Balaban J connectivity index is 2.83. The van der Waals surface area contributed by atoms with Crippen molar-refractivity contribution in [2.75, 3.05) is 6.61 Å².